The Balaban J connectivity index is 2.03. The molecule has 2 heterocycles. The third kappa shape index (κ3) is 2.76. The molecule has 2 aliphatic heterocycles. The van der Waals surface area contributed by atoms with Crippen molar-refractivity contribution < 1.29 is 9.59 Å². The molecule has 0 aromatic carbocycles. The van der Waals surface area contributed by atoms with Crippen molar-refractivity contribution in [1.29, 1.82) is 0 Å². The summed E-state index contributed by atoms with van der Waals surface area (Å²) in [6.07, 6.45) is 1.80. The minimum atomic E-state index is -0.312. The Bertz CT molecular complexity index is 381. The van der Waals surface area contributed by atoms with E-state index in [9.17, 15) is 9.59 Å². The SMILES string of the molecule is CC(=O)N1CCSC12CCN(C(=O)C(C)(C)C)CC2. The predicted octanol–water partition coefficient (Wildman–Crippen LogP) is 1.95. The van der Waals surface area contributed by atoms with Gasteiger partial charge in [-0.2, -0.15) is 0 Å². The zero-order valence-electron chi connectivity index (χ0n) is 12.4. The molecule has 0 aliphatic carbocycles. The molecule has 0 radical (unpaired) electrons. The summed E-state index contributed by atoms with van der Waals surface area (Å²) < 4.78 is 0. The standard InChI is InChI=1S/C14H24N2O2S/c1-11(17)16-9-10-19-14(16)5-7-15(8-6-14)12(18)13(2,3)4/h5-10H2,1-4H3. The van der Waals surface area contributed by atoms with E-state index in [1.165, 1.54) is 0 Å². The van der Waals surface area contributed by atoms with Crippen LogP contribution in [0.3, 0.4) is 0 Å². The number of thioether (sulfide) groups is 1. The van der Waals surface area contributed by atoms with Gasteiger partial charge in [0.05, 0.1) is 4.87 Å². The van der Waals surface area contributed by atoms with Crippen molar-refractivity contribution in [1.82, 2.24) is 9.80 Å². The van der Waals surface area contributed by atoms with Crippen LogP contribution in [-0.4, -0.2) is 51.9 Å². The van der Waals surface area contributed by atoms with Crippen LogP contribution in [0.5, 0.6) is 0 Å². The maximum absolute atomic E-state index is 12.3. The van der Waals surface area contributed by atoms with Crippen LogP contribution >= 0.6 is 11.8 Å². The molecule has 0 saturated carbocycles. The highest BCUT2D eigenvalue weighted by molar-refractivity contribution is 8.00. The number of amides is 2. The lowest BCUT2D eigenvalue weighted by atomic mass is 9.92. The van der Waals surface area contributed by atoms with Crippen molar-refractivity contribution in [2.45, 2.75) is 45.4 Å². The number of piperidine rings is 1. The van der Waals surface area contributed by atoms with Gasteiger partial charge in [0, 0.05) is 37.7 Å². The van der Waals surface area contributed by atoms with Crippen molar-refractivity contribution in [2.24, 2.45) is 5.41 Å². The number of hydrogen-bond acceptors (Lipinski definition) is 3. The van der Waals surface area contributed by atoms with E-state index in [1.807, 2.05) is 42.3 Å². The molecular formula is C14H24N2O2S. The molecule has 0 N–H and O–H groups in total. The maximum Gasteiger partial charge on any atom is 0.227 e. The molecule has 2 aliphatic rings. The summed E-state index contributed by atoms with van der Waals surface area (Å²) in [7, 11) is 0. The van der Waals surface area contributed by atoms with Gasteiger partial charge in [-0.15, -0.1) is 11.8 Å². The Morgan fingerprint density at radius 2 is 1.68 bits per heavy atom. The number of carbonyl (C=O) groups excluding carboxylic acids is 2. The van der Waals surface area contributed by atoms with Crippen LogP contribution in [-0.2, 0) is 9.59 Å². The molecule has 0 unspecified atom stereocenters. The lowest BCUT2D eigenvalue weighted by Crippen LogP contribution is -2.54. The largest absolute Gasteiger partial charge is 0.342 e. The number of carbonyl (C=O) groups is 2. The van der Waals surface area contributed by atoms with Crippen LogP contribution in [0.4, 0.5) is 0 Å². The Kier molecular flexibility index (Phi) is 3.87. The molecule has 4 nitrogen and oxygen atoms in total. The van der Waals surface area contributed by atoms with Gasteiger partial charge < -0.3 is 9.80 Å². The average Bonchev–Trinajstić information content (AvgIpc) is 2.72. The zero-order chi connectivity index (χ0) is 14.3. The topological polar surface area (TPSA) is 40.6 Å². The smallest absolute Gasteiger partial charge is 0.227 e. The fourth-order valence-electron chi connectivity index (χ4n) is 3.00. The van der Waals surface area contributed by atoms with Crippen molar-refractivity contribution in [3.63, 3.8) is 0 Å². The quantitative estimate of drug-likeness (QED) is 0.682. The molecule has 2 saturated heterocycles. The van der Waals surface area contributed by atoms with Gasteiger partial charge in [-0.25, -0.2) is 0 Å². The van der Waals surface area contributed by atoms with E-state index < -0.39 is 0 Å². The van der Waals surface area contributed by atoms with Crippen molar-refractivity contribution in [3.05, 3.63) is 0 Å². The highest BCUT2D eigenvalue weighted by Gasteiger charge is 2.46. The molecule has 2 rings (SSSR count). The van der Waals surface area contributed by atoms with E-state index in [0.717, 1.165) is 38.2 Å². The number of hydrogen-bond donors (Lipinski definition) is 0. The third-order valence-electron chi connectivity index (χ3n) is 4.03. The maximum atomic E-state index is 12.3. The van der Waals surface area contributed by atoms with E-state index in [-0.39, 0.29) is 22.1 Å². The molecule has 19 heavy (non-hydrogen) atoms. The molecular weight excluding hydrogens is 260 g/mol. The molecule has 1 spiro atoms. The van der Waals surface area contributed by atoms with E-state index in [0.29, 0.717) is 0 Å². The fraction of sp³-hybridized carbons (Fsp3) is 0.857. The molecule has 0 atom stereocenters. The van der Waals surface area contributed by atoms with Crippen LogP contribution in [0.15, 0.2) is 0 Å². The minimum absolute atomic E-state index is 0.0412. The van der Waals surface area contributed by atoms with Gasteiger partial charge in [-0.3, -0.25) is 9.59 Å². The van der Waals surface area contributed by atoms with Crippen molar-refractivity contribution in [2.75, 3.05) is 25.4 Å². The molecule has 2 amide bonds. The van der Waals surface area contributed by atoms with Crippen molar-refractivity contribution >= 4 is 23.6 Å². The Morgan fingerprint density at radius 3 is 2.16 bits per heavy atom. The summed E-state index contributed by atoms with van der Waals surface area (Å²) in [5.41, 5.74) is -0.312. The second-order valence-corrected chi connectivity index (χ2v) is 7.96. The average molecular weight is 284 g/mol. The molecule has 0 aromatic heterocycles. The number of nitrogens with zero attached hydrogens (tertiary/aromatic N) is 2. The van der Waals surface area contributed by atoms with E-state index >= 15 is 0 Å². The first kappa shape index (κ1) is 14.7. The van der Waals surface area contributed by atoms with Gasteiger partial charge in [-0.05, 0) is 12.8 Å². The number of likely N-dealkylation sites (tertiary alicyclic amines) is 1. The second kappa shape index (κ2) is 5.00. The predicted molar refractivity (Wildman–Crippen MR) is 77.8 cm³/mol. The summed E-state index contributed by atoms with van der Waals surface area (Å²) in [5.74, 6) is 1.41. The van der Waals surface area contributed by atoms with Gasteiger partial charge >= 0.3 is 0 Å². The molecule has 108 valence electrons. The van der Waals surface area contributed by atoms with Crippen molar-refractivity contribution in [3.8, 4) is 0 Å². The zero-order valence-corrected chi connectivity index (χ0v) is 13.2. The highest BCUT2D eigenvalue weighted by Crippen LogP contribution is 2.44. The van der Waals surface area contributed by atoms with Gasteiger partial charge in [0.1, 0.15) is 0 Å². The summed E-state index contributed by atoms with van der Waals surface area (Å²) in [5, 5.41) is 0. The fourth-order valence-corrected chi connectivity index (χ4v) is 4.50. The summed E-state index contributed by atoms with van der Waals surface area (Å²) in [6, 6.07) is 0. The first-order valence-electron chi connectivity index (χ1n) is 6.98. The Hall–Kier alpha value is -0.710. The highest BCUT2D eigenvalue weighted by atomic mass is 32.2. The van der Waals surface area contributed by atoms with E-state index in [4.69, 9.17) is 0 Å². The third-order valence-corrected chi connectivity index (χ3v) is 5.58. The lowest BCUT2D eigenvalue weighted by Gasteiger charge is -2.45. The molecule has 5 heteroatoms. The van der Waals surface area contributed by atoms with Crippen LogP contribution in [0.25, 0.3) is 0 Å². The summed E-state index contributed by atoms with van der Waals surface area (Å²) in [4.78, 5) is 27.9. The normalized spacial score (nSPS) is 22.9. The van der Waals surface area contributed by atoms with Crippen LogP contribution in [0.1, 0.15) is 40.5 Å². The van der Waals surface area contributed by atoms with Gasteiger partial charge in [-0.1, -0.05) is 20.8 Å². The second-order valence-electron chi connectivity index (χ2n) is 6.51. The molecule has 0 bridgehead atoms. The first-order valence-corrected chi connectivity index (χ1v) is 7.96. The monoisotopic (exact) mass is 284 g/mol. The van der Waals surface area contributed by atoms with E-state index in [2.05, 4.69) is 0 Å². The number of rotatable bonds is 0. The Morgan fingerprint density at radius 1 is 1.11 bits per heavy atom. The summed E-state index contributed by atoms with van der Waals surface area (Å²) in [6.45, 7) is 9.94. The minimum Gasteiger partial charge on any atom is -0.342 e. The molecule has 2 fully saturated rings. The van der Waals surface area contributed by atoms with Gasteiger partial charge in [0.25, 0.3) is 0 Å². The molecule has 0 aromatic rings. The van der Waals surface area contributed by atoms with Gasteiger partial charge in [0.15, 0.2) is 0 Å². The van der Waals surface area contributed by atoms with Crippen LogP contribution in [0, 0.1) is 5.41 Å². The van der Waals surface area contributed by atoms with E-state index in [1.54, 1.807) is 6.92 Å². The van der Waals surface area contributed by atoms with Crippen LogP contribution in [0.2, 0.25) is 0 Å². The Labute approximate surface area is 119 Å². The van der Waals surface area contributed by atoms with Gasteiger partial charge in [0.2, 0.25) is 11.8 Å². The lowest BCUT2D eigenvalue weighted by molar-refractivity contribution is -0.142. The summed E-state index contributed by atoms with van der Waals surface area (Å²) >= 11 is 1.89. The van der Waals surface area contributed by atoms with Crippen LogP contribution < -0.4 is 0 Å². The first-order chi connectivity index (χ1) is 8.76.